The maximum atomic E-state index is 2.50. The van der Waals surface area contributed by atoms with Gasteiger partial charge < -0.3 is 0 Å². The highest BCUT2D eigenvalue weighted by Crippen LogP contribution is 2.52. The number of fused-ring (bicyclic) bond motifs is 14. The summed E-state index contributed by atoms with van der Waals surface area (Å²) in [7, 11) is 0. The Balaban J connectivity index is 1.26. The van der Waals surface area contributed by atoms with Crippen molar-refractivity contribution < 1.29 is 0 Å². The Labute approximate surface area is 307 Å². The first-order valence-electron chi connectivity index (χ1n) is 17.8. The van der Waals surface area contributed by atoms with Crippen LogP contribution in [0.4, 0.5) is 0 Å². The summed E-state index contributed by atoms with van der Waals surface area (Å²) in [6, 6.07) is 63.5. The van der Waals surface area contributed by atoms with Gasteiger partial charge >= 0.3 is 0 Å². The van der Waals surface area contributed by atoms with E-state index in [9.17, 15) is 0 Å². The zero-order valence-corrected chi connectivity index (χ0v) is 29.6. The van der Waals surface area contributed by atoms with Crippen molar-refractivity contribution in [2.45, 2.75) is 0 Å². The van der Waals surface area contributed by atoms with Gasteiger partial charge in [0.25, 0.3) is 0 Å². The molecule has 0 aliphatic rings. The number of hydrogen-bond acceptors (Lipinski definition) is 2. The highest BCUT2D eigenvalue weighted by Gasteiger charge is 2.23. The molecular weight excluding hydrogens is 665 g/mol. The first-order chi connectivity index (χ1) is 25.8. The van der Waals surface area contributed by atoms with Crippen molar-refractivity contribution >= 4 is 117 Å². The lowest BCUT2D eigenvalue weighted by Gasteiger charge is -2.20. The zero-order chi connectivity index (χ0) is 33.9. The average molecular weight is 693 g/mol. The van der Waals surface area contributed by atoms with Gasteiger partial charge in [-0.15, -0.1) is 22.7 Å². The SMILES string of the molecule is c1ccc2c(c1)ccc1c(-c3c4ccccc4c(-c4cc5ccc6sc7ccccc7c6c5c5c4sc4ccccc45)c4ccccc34)cccc12. The minimum atomic E-state index is 1.27. The highest BCUT2D eigenvalue weighted by molar-refractivity contribution is 7.27. The van der Waals surface area contributed by atoms with E-state index >= 15 is 0 Å². The zero-order valence-electron chi connectivity index (χ0n) is 28.0. The first-order valence-corrected chi connectivity index (χ1v) is 19.5. The van der Waals surface area contributed by atoms with Gasteiger partial charge in [-0.2, -0.15) is 0 Å². The van der Waals surface area contributed by atoms with E-state index in [0.717, 1.165) is 0 Å². The van der Waals surface area contributed by atoms with Gasteiger partial charge in [-0.3, -0.25) is 0 Å². The summed E-state index contributed by atoms with van der Waals surface area (Å²) in [6.07, 6.45) is 0. The quantitative estimate of drug-likeness (QED) is 0.125. The maximum Gasteiger partial charge on any atom is 0.0440 e. The molecule has 2 aromatic heterocycles. The van der Waals surface area contributed by atoms with Crippen molar-refractivity contribution in [2.75, 3.05) is 0 Å². The molecule has 0 bridgehead atoms. The van der Waals surface area contributed by atoms with Crippen LogP contribution in [0.15, 0.2) is 170 Å². The van der Waals surface area contributed by atoms with Crippen molar-refractivity contribution in [3.63, 3.8) is 0 Å². The molecule has 0 atom stereocenters. The molecule has 0 nitrogen and oxygen atoms in total. The fourth-order valence-corrected chi connectivity index (χ4v) is 11.4. The predicted molar refractivity (Wildman–Crippen MR) is 231 cm³/mol. The topological polar surface area (TPSA) is 0 Å². The fourth-order valence-electron chi connectivity index (χ4n) is 9.08. The fraction of sp³-hybridized carbons (Fsp3) is 0. The second-order valence-corrected chi connectivity index (χ2v) is 16.0. The van der Waals surface area contributed by atoms with Gasteiger partial charge in [0.2, 0.25) is 0 Å². The van der Waals surface area contributed by atoms with E-state index in [2.05, 4.69) is 170 Å². The van der Waals surface area contributed by atoms with Gasteiger partial charge in [0.1, 0.15) is 0 Å². The molecule has 0 N–H and O–H groups in total. The Bertz CT molecular complexity index is 3410. The molecule has 0 radical (unpaired) electrons. The third-order valence-corrected chi connectivity index (χ3v) is 13.6. The average Bonchev–Trinajstić information content (AvgIpc) is 3.79. The number of benzene rings is 10. The van der Waals surface area contributed by atoms with Crippen LogP contribution in [0.5, 0.6) is 0 Å². The second kappa shape index (κ2) is 10.7. The van der Waals surface area contributed by atoms with Gasteiger partial charge in [-0.05, 0) is 89.4 Å². The van der Waals surface area contributed by atoms with Gasteiger partial charge in [0.15, 0.2) is 0 Å². The van der Waals surface area contributed by atoms with Gasteiger partial charge in [0, 0.05) is 51.3 Å². The summed E-state index contributed by atoms with van der Waals surface area (Å²) in [6.45, 7) is 0. The normalized spacial score (nSPS) is 12.2. The summed E-state index contributed by atoms with van der Waals surface area (Å²) >= 11 is 3.84. The van der Waals surface area contributed by atoms with Crippen LogP contribution in [0.25, 0.3) is 116 Å². The van der Waals surface area contributed by atoms with Crippen LogP contribution in [-0.2, 0) is 0 Å². The van der Waals surface area contributed by atoms with Crippen LogP contribution in [0.1, 0.15) is 0 Å². The molecule has 0 saturated carbocycles. The van der Waals surface area contributed by atoms with Crippen molar-refractivity contribution in [2.24, 2.45) is 0 Å². The standard InChI is InChI=1S/C50H28S2/c1-2-13-31-29(12-1)24-26-33-32(31)20-11-21-34(33)46-35-14-3-5-16-37(35)47(38-17-6-4-15-36(38)46)41-28-30-25-27-44-48(39-18-7-9-22-42(39)51-44)45(30)49-40-19-8-10-23-43(40)52-50(41)49/h1-28H. The molecule has 0 unspecified atom stereocenters. The van der Waals surface area contributed by atoms with Crippen LogP contribution < -0.4 is 0 Å². The molecule has 52 heavy (non-hydrogen) atoms. The lowest BCUT2D eigenvalue weighted by molar-refractivity contribution is 1.71. The molecule has 0 spiro atoms. The smallest absolute Gasteiger partial charge is 0.0440 e. The molecule has 0 saturated heterocycles. The first kappa shape index (κ1) is 28.6. The molecule has 12 aromatic rings. The third kappa shape index (κ3) is 3.86. The van der Waals surface area contributed by atoms with Crippen molar-refractivity contribution in [1.29, 1.82) is 0 Å². The van der Waals surface area contributed by atoms with Gasteiger partial charge in [0.05, 0.1) is 0 Å². The monoisotopic (exact) mass is 692 g/mol. The lowest BCUT2D eigenvalue weighted by atomic mass is 9.83. The maximum absolute atomic E-state index is 2.50. The van der Waals surface area contributed by atoms with Gasteiger partial charge in [-0.25, -0.2) is 0 Å². The van der Waals surface area contributed by atoms with E-state index in [0.29, 0.717) is 0 Å². The Morgan fingerprint density at radius 2 is 0.808 bits per heavy atom. The van der Waals surface area contributed by atoms with Crippen LogP contribution >= 0.6 is 22.7 Å². The summed E-state index contributed by atoms with van der Waals surface area (Å²) in [5.41, 5.74) is 5.20. The summed E-state index contributed by atoms with van der Waals surface area (Å²) < 4.78 is 5.38. The van der Waals surface area contributed by atoms with Crippen LogP contribution in [-0.4, -0.2) is 0 Å². The minimum Gasteiger partial charge on any atom is -0.135 e. The highest BCUT2D eigenvalue weighted by atomic mass is 32.1. The molecule has 0 aliphatic carbocycles. The summed E-state index contributed by atoms with van der Waals surface area (Å²) in [4.78, 5) is 0. The third-order valence-electron chi connectivity index (χ3n) is 11.2. The number of rotatable bonds is 2. The minimum absolute atomic E-state index is 1.27. The van der Waals surface area contributed by atoms with Crippen LogP contribution in [0, 0.1) is 0 Å². The van der Waals surface area contributed by atoms with E-state index < -0.39 is 0 Å². The molecule has 2 heteroatoms. The second-order valence-electron chi connectivity index (χ2n) is 13.9. The number of thiophene rings is 2. The molecular formula is C50H28S2. The largest absolute Gasteiger partial charge is 0.135 e. The van der Waals surface area contributed by atoms with E-state index in [1.165, 1.54) is 116 Å². The van der Waals surface area contributed by atoms with Crippen LogP contribution in [0.2, 0.25) is 0 Å². The van der Waals surface area contributed by atoms with Crippen molar-refractivity contribution in [3.05, 3.63) is 170 Å². The molecule has 12 rings (SSSR count). The predicted octanol–water partition coefficient (Wildman–Crippen LogP) is 15.5. The van der Waals surface area contributed by atoms with E-state index in [-0.39, 0.29) is 0 Å². The van der Waals surface area contributed by atoms with Gasteiger partial charge in [-0.1, -0.05) is 146 Å². The van der Waals surface area contributed by atoms with Crippen LogP contribution in [0.3, 0.4) is 0 Å². The molecule has 10 aromatic carbocycles. The lowest BCUT2D eigenvalue weighted by Crippen LogP contribution is -1.92. The molecule has 2 heterocycles. The Hall–Kier alpha value is -6.06. The molecule has 0 aliphatic heterocycles. The van der Waals surface area contributed by atoms with Crippen molar-refractivity contribution in [3.8, 4) is 22.3 Å². The Morgan fingerprint density at radius 1 is 0.269 bits per heavy atom. The van der Waals surface area contributed by atoms with E-state index in [4.69, 9.17) is 0 Å². The van der Waals surface area contributed by atoms with Crippen molar-refractivity contribution in [1.82, 2.24) is 0 Å². The van der Waals surface area contributed by atoms with E-state index in [1.54, 1.807) is 0 Å². The van der Waals surface area contributed by atoms with E-state index in [1.807, 2.05) is 22.7 Å². The molecule has 0 amide bonds. The Morgan fingerprint density at radius 3 is 1.52 bits per heavy atom. The number of hydrogen-bond donors (Lipinski definition) is 0. The summed E-state index contributed by atoms with van der Waals surface area (Å²) in [5, 5.41) is 18.4. The summed E-state index contributed by atoms with van der Waals surface area (Å²) in [5.74, 6) is 0. The molecule has 240 valence electrons. The molecule has 0 fully saturated rings. The Kier molecular flexibility index (Phi) is 5.90.